The molecule has 1 amide bonds. The summed E-state index contributed by atoms with van der Waals surface area (Å²) in [6.07, 6.45) is 1.63. The largest absolute Gasteiger partial charge is 0.494 e. The molecular weight excluding hydrogens is 444 g/mol. The lowest BCUT2D eigenvalue weighted by Gasteiger charge is -2.11. The molecule has 3 aromatic carbocycles. The zero-order valence-corrected chi connectivity index (χ0v) is 20.2. The van der Waals surface area contributed by atoms with Gasteiger partial charge in [-0.15, -0.1) is 10.2 Å². The van der Waals surface area contributed by atoms with Crippen molar-refractivity contribution < 1.29 is 9.53 Å². The summed E-state index contributed by atoms with van der Waals surface area (Å²) < 4.78 is 7.49. The van der Waals surface area contributed by atoms with Gasteiger partial charge >= 0.3 is 0 Å². The maximum Gasteiger partial charge on any atom is 0.234 e. The zero-order chi connectivity index (χ0) is 23.8. The first-order chi connectivity index (χ1) is 16.7. The third-order valence-corrected chi connectivity index (χ3v) is 6.22. The summed E-state index contributed by atoms with van der Waals surface area (Å²) in [6.45, 7) is 4.68. The van der Waals surface area contributed by atoms with Gasteiger partial charge in [0, 0.05) is 17.8 Å². The SMILES string of the molecule is CCOc1ccc(NC(=O)CSc2nnc(Cc3ccccc3)n2-c2ccc(CC)cc2)cc1. The van der Waals surface area contributed by atoms with Gasteiger partial charge in [0.15, 0.2) is 5.16 Å². The number of hydrogen-bond donors (Lipinski definition) is 1. The van der Waals surface area contributed by atoms with Crippen molar-refractivity contribution in [1.29, 1.82) is 0 Å². The third kappa shape index (κ3) is 6.05. The standard InChI is InChI=1S/C27H28N4O2S/c1-3-20-10-14-23(15-11-20)31-25(18-21-8-6-5-7-9-21)29-30-27(31)34-19-26(32)28-22-12-16-24(17-13-22)33-4-2/h5-17H,3-4,18-19H2,1-2H3,(H,28,32). The lowest BCUT2D eigenvalue weighted by molar-refractivity contribution is -0.113. The Morgan fingerprint density at radius 2 is 1.65 bits per heavy atom. The van der Waals surface area contributed by atoms with Crippen LogP contribution in [0, 0.1) is 0 Å². The first kappa shape index (κ1) is 23.6. The van der Waals surface area contributed by atoms with Gasteiger partial charge < -0.3 is 10.1 Å². The fourth-order valence-electron chi connectivity index (χ4n) is 3.56. The molecule has 0 aliphatic heterocycles. The van der Waals surface area contributed by atoms with Crippen LogP contribution in [0.4, 0.5) is 5.69 Å². The molecule has 0 bridgehead atoms. The Morgan fingerprint density at radius 1 is 0.912 bits per heavy atom. The van der Waals surface area contributed by atoms with Gasteiger partial charge in [-0.1, -0.05) is 61.2 Å². The summed E-state index contributed by atoms with van der Waals surface area (Å²) in [6, 6.07) is 26.0. The van der Waals surface area contributed by atoms with Crippen LogP contribution in [-0.4, -0.2) is 33.0 Å². The van der Waals surface area contributed by atoms with Crippen molar-refractivity contribution in [2.75, 3.05) is 17.7 Å². The van der Waals surface area contributed by atoms with Gasteiger partial charge in [0.25, 0.3) is 0 Å². The molecule has 4 aromatic rings. The van der Waals surface area contributed by atoms with Crippen molar-refractivity contribution in [2.45, 2.75) is 31.8 Å². The first-order valence-electron chi connectivity index (χ1n) is 11.4. The Balaban J connectivity index is 1.50. The molecule has 174 valence electrons. The molecular formula is C27H28N4O2S. The molecule has 6 nitrogen and oxygen atoms in total. The summed E-state index contributed by atoms with van der Waals surface area (Å²) >= 11 is 1.37. The van der Waals surface area contributed by atoms with E-state index in [2.05, 4.69) is 58.8 Å². The van der Waals surface area contributed by atoms with Gasteiger partial charge in [-0.05, 0) is 60.9 Å². The van der Waals surface area contributed by atoms with Gasteiger partial charge in [0.2, 0.25) is 5.91 Å². The van der Waals surface area contributed by atoms with Gasteiger partial charge in [-0.2, -0.15) is 0 Å². The molecule has 1 aromatic heterocycles. The van der Waals surface area contributed by atoms with Crippen molar-refractivity contribution in [3.8, 4) is 11.4 Å². The second-order valence-corrected chi connectivity index (χ2v) is 8.65. The number of benzene rings is 3. The number of carbonyl (C=O) groups excluding carboxylic acids is 1. The number of aryl methyl sites for hydroxylation is 1. The monoisotopic (exact) mass is 472 g/mol. The van der Waals surface area contributed by atoms with Gasteiger partial charge in [-0.3, -0.25) is 9.36 Å². The van der Waals surface area contributed by atoms with Crippen molar-refractivity contribution >= 4 is 23.4 Å². The number of aromatic nitrogens is 3. The van der Waals surface area contributed by atoms with E-state index < -0.39 is 0 Å². The number of nitrogens with zero attached hydrogens (tertiary/aromatic N) is 3. The summed E-state index contributed by atoms with van der Waals surface area (Å²) in [4.78, 5) is 12.6. The van der Waals surface area contributed by atoms with E-state index in [0.29, 0.717) is 18.2 Å². The van der Waals surface area contributed by atoms with Crippen LogP contribution >= 0.6 is 11.8 Å². The van der Waals surface area contributed by atoms with Crippen LogP contribution in [0.15, 0.2) is 84.0 Å². The molecule has 0 radical (unpaired) electrons. The number of thioether (sulfide) groups is 1. The third-order valence-electron chi connectivity index (χ3n) is 5.29. The second kappa shape index (κ2) is 11.5. The number of amides is 1. The number of rotatable bonds is 10. The number of nitrogens with one attached hydrogen (secondary N) is 1. The highest BCUT2D eigenvalue weighted by molar-refractivity contribution is 7.99. The van der Waals surface area contributed by atoms with Gasteiger partial charge in [0.05, 0.1) is 12.4 Å². The van der Waals surface area contributed by atoms with E-state index >= 15 is 0 Å². The van der Waals surface area contributed by atoms with Gasteiger partial charge in [0.1, 0.15) is 11.6 Å². The lowest BCUT2D eigenvalue weighted by Crippen LogP contribution is -2.14. The van der Waals surface area contributed by atoms with Crippen molar-refractivity contribution in [3.05, 3.63) is 95.8 Å². The minimum absolute atomic E-state index is 0.102. The highest BCUT2D eigenvalue weighted by Crippen LogP contribution is 2.24. The molecule has 4 rings (SSSR count). The molecule has 34 heavy (non-hydrogen) atoms. The number of ether oxygens (including phenoxy) is 1. The first-order valence-corrected chi connectivity index (χ1v) is 12.4. The molecule has 0 saturated heterocycles. The molecule has 0 saturated carbocycles. The minimum Gasteiger partial charge on any atom is -0.494 e. The fourth-order valence-corrected chi connectivity index (χ4v) is 4.33. The molecule has 0 spiro atoms. The number of hydrogen-bond acceptors (Lipinski definition) is 5. The van der Waals surface area contributed by atoms with Crippen LogP contribution in [0.1, 0.15) is 30.8 Å². The topological polar surface area (TPSA) is 69.0 Å². The van der Waals surface area contributed by atoms with E-state index in [1.54, 1.807) is 0 Å². The van der Waals surface area contributed by atoms with Crippen LogP contribution < -0.4 is 10.1 Å². The Morgan fingerprint density at radius 3 is 2.32 bits per heavy atom. The maximum absolute atomic E-state index is 12.6. The molecule has 7 heteroatoms. The van der Waals surface area contributed by atoms with Crippen molar-refractivity contribution in [1.82, 2.24) is 14.8 Å². The smallest absolute Gasteiger partial charge is 0.234 e. The molecule has 0 atom stereocenters. The van der Waals surface area contributed by atoms with Crippen molar-refractivity contribution in [2.24, 2.45) is 0 Å². The fraction of sp³-hybridized carbons (Fsp3) is 0.222. The van der Waals surface area contributed by atoms with Crippen LogP contribution in [0.2, 0.25) is 0 Å². The second-order valence-electron chi connectivity index (χ2n) is 7.71. The quantitative estimate of drug-likeness (QED) is 0.307. The number of anilines is 1. The van der Waals surface area contributed by atoms with E-state index in [9.17, 15) is 4.79 Å². The normalized spacial score (nSPS) is 10.8. The highest BCUT2D eigenvalue weighted by Gasteiger charge is 2.16. The molecule has 0 aliphatic carbocycles. The zero-order valence-electron chi connectivity index (χ0n) is 19.4. The highest BCUT2D eigenvalue weighted by atomic mass is 32.2. The van der Waals surface area contributed by atoms with Crippen LogP contribution in [-0.2, 0) is 17.6 Å². The van der Waals surface area contributed by atoms with Crippen molar-refractivity contribution in [3.63, 3.8) is 0 Å². The summed E-state index contributed by atoms with van der Waals surface area (Å²) in [7, 11) is 0. The Hall–Kier alpha value is -3.58. The Bertz CT molecular complexity index is 1210. The van der Waals surface area contributed by atoms with E-state index in [1.807, 2.05) is 54.0 Å². The van der Waals surface area contributed by atoms with E-state index in [4.69, 9.17) is 4.74 Å². The summed E-state index contributed by atoms with van der Waals surface area (Å²) in [5.41, 5.74) is 4.15. The van der Waals surface area contributed by atoms with Crippen LogP contribution in [0.5, 0.6) is 5.75 Å². The van der Waals surface area contributed by atoms with E-state index in [0.717, 1.165) is 34.9 Å². The van der Waals surface area contributed by atoms with Crippen LogP contribution in [0.3, 0.4) is 0 Å². The maximum atomic E-state index is 12.6. The van der Waals surface area contributed by atoms with E-state index in [-0.39, 0.29) is 11.7 Å². The molecule has 0 aliphatic rings. The summed E-state index contributed by atoms with van der Waals surface area (Å²) in [5, 5.41) is 12.5. The van der Waals surface area contributed by atoms with E-state index in [1.165, 1.54) is 17.3 Å². The summed E-state index contributed by atoms with van der Waals surface area (Å²) in [5.74, 6) is 1.74. The average Bonchev–Trinajstić information content (AvgIpc) is 3.27. The molecule has 1 N–H and O–H groups in total. The molecule has 1 heterocycles. The van der Waals surface area contributed by atoms with Crippen LogP contribution in [0.25, 0.3) is 5.69 Å². The lowest BCUT2D eigenvalue weighted by atomic mass is 10.1. The minimum atomic E-state index is -0.102. The predicted octanol–water partition coefficient (Wildman–Crippen LogP) is 5.55. The predicted molar refractivity (Wildman–Crippen MR) is 137 cm³/mol. The molecule has 0 unspecified atom stereocenters. The number of carbonyl (C=O) groups is 1. The average molecular weight is 473 g/mol. The Kier molecular flexibility index (Phi) is 7.99. The van der Waals surface area contributed by atoms with Gasteiger partial charge in [-0.25, -0.2) is 0 Å². The molecule has 0 fully saturated rings. The Labute approximate surface area is 204 Å².